The van der Waals surface area contributed by atoms with E-state index >= 15 is 0 Å². The summed E-state index contributed by atoms with van der Waals surface area (Å²) < 4.78 is 75.6. The summed E-state index contributed by atoms with van der Waals surface area (Å²) in [6.45, 7) is 1.09. The molecule has 4 rings (SSSR count). The zero-order valence-electron chi connectivity index (χ0n) is 17.0. The highest BCUT2D eigenvalue weighted by atomic mass is 32.2. The summed E-state index contributed by atoms with van der Waals surface area (Å²) in [4.78, 5) is 1.74. The van der Waals surface area contributed by atoms with E-state index in [1.54, 1.807) is 18.2 Å². The van der Waals surface area contributed by atoms with Crippen LogP contribution in [0.4, 0.5) is 13.2 Å². The second-order valence-corrected chi connectivity index (χ2v) is 9.21. The van der Waals surface area contributed by atoms with Crippen molar-refractivity contribution in [3.63, 3.8) is 0 Å². The lowest BCUT2D eigenvalue weighted by molar-refractivity contribution is -0.141. The average Bonchev–Trinajstić information content (AvgIpc) is 3.11. The van der Waals surface area contributed by atoms with Gasteiger partial charge in [0.05, 0.1) is 17.5 Å². The van der Waals surface area contributed by atoms with E-state index in [2.05, 4.69) is 0 Å². The number of hydrogen-bond acceptors (Lipinski definition) is 4. The van der Waals surface area contributed by atoms with Crippen LogP contribution in [-0.2, 0) is 16.2 Å². The number of para-hydroxylation sites is 1. The van der Waals surface area contributed by atoms with E-state index in [-0.39, 0.29) is 21.4 Å². The monoisotopic (exact) mass is 450 g/mol. The number of alkyl halides is 3. The first-order valence-corrected chi connectivity index (χ1v) is 11.1. The Morgan fingerprint density at radius 1 is 1.03 bits per heavy atom. The smallest absolute Gasteiger partial charge is 0.433 e. The van der Waals surface area contributed by atoms with Gasteiger partial charge in [0.15, 0.2) is 0 Å². The Hall–Kier alpha value is -2.78. The average molecular weight is 450 g/mol. The number of rotatable bonds is 4. The van der Waals surface area contributed by atoms with Crippen LogP contribution >= 0.6 is 0 Å². The molecule has 31 heavy (non-hydrogen) atoms. The number of methoxy groups -OCH3 is 1. The van der Waals surface area contributed by atoms with Crippen molar-refractivity contribution in [1.82, 2.24) is 8.87 Å². The molecular formula is C22H21F3N2O3S. The van der Waals surface area contributed by atoms with E-state index < -0.39 is 21.9 Å². The predicted molar refractivity (Wildman–Crippen MR) is 113 cm³/mol. The van der Waals surface area contributed by atoms with Crippen LogP contribution in [0.3, 0.4) is 0 Å². The van der Waals surface area contributed by atoms with Gasteiger partial charge in [-0.2, -0.15) is 13.2 Å². The summed E-state index contributed by atoms with van der Waals surface area (Å²) in [5, 5.41) is 0.266. The van der Waals surface area contributed by atoms with Crippen molar-refractivity contribution >= 4 is 26.5 Å². The van der Waals surface area contributed by atoms with Crippen LogP contribution in [0.15, 0.2) is 59.5 Å². The van der Waals surface area contributed by atoms with Crippen molar-refractivity contribution in [1.29, 1.82) is 0 Å². The van der Waals surface area contributed by atoms with E-state index in [1.807, 2.05) is 11.9 Å². The predicted octanol–water partition coefficient (Wildman–Crippen LogP) is 4.62. The number of nitrogens with zero attached hydrogens (tertiary/aromatic N) is 2. The SMILES string of the molecule is COc1ccc(S(=O)(=O)n2c(C(F)(F)F)c(C3=CCN(C)CC3)c3ccccc32)cc1. The molecule has 0 saturated carbocycles. The summed E-state index contributed by atoms with van der Waals surface area (Å²) in [6, 6.07) is 11.4. The molecular weight excluding hydrogens is 429 g/mol. The highest BCUT2D eigenvalue weighted by Crippen LogP contribution is 2.44. The molecule has 0 radical (unpaired) electrons. The topological polar surface area (TPSA) is 51.5 Å². The fourth-order valence-corrected chi connectivity index (χ4v) is 5.44. The molecule has 9 heteroatoms. The molecule has 1 aromatic heterocycles. The number of halogens is 3. The van der Waals surface area contributed by atoms with Gasteiger partial charge in [0, 0.05) is 24.0 Å². The molecule has 0 bridgehead atoms. The van der Waals surface area contributed by atoms with E-state index in [0.29, 0.717) is 34.8 Å². The first-order valence-electron chi connectivity index (χ1n) is 9.63. The van der Waals surface area contributed by atoms with Crippen LogP contribution < -0.4 is 4.74 Å². The summed E-state index contributed by atoms with van der Waals surface area (Å²) in [5.41, 5.74) is -0.723. The van der Waals surface area contributed by atoms with Crippen molar-refractivity contribution in [2.24, 2.45) is 0 Å². The normalized spacial score (nSPS) is 15.8. The van der Waals surface area contributed by atoms with Gasteiger partial charge in [0.2, 0.25) is 0 Å². The molecule has 3 aromatic rings. The molecule has 0 aliphatic carbocycles. The van der Waals surface area contributed by atoms with Crippen molar-refractivity contribution in [2.75, 3.05) is 27.2 Å². The molecule has 1 aliphatic heterocycles. The second-order valence-electron chi connectivity index (χ2n) is 7.43. The Bertz CT molecular complexity index is 1260. The van der Waals surface area contributed by atoms with Crippen molar-refractivity contribution < 1.29 is 26.3 Å². The van der Waals surface area contributed by atoms with E-state index in [4.69, 9.17) is 4.74 Å². The summed E-state index contributed by atoms with van der Waals surface area (Å²) in [7, 11) is -1.22. The molecule has 0 N–H and O–H groups in total. The van der Waals surface area contributed by atoms with Crippen LogP contribution in [0, 0.1) is 0 Å². The van der Waals surface area contributed by atoms with E-state index in [9.17, 15) is 21.6 Å². The highest BCUT2D eigenvalue weighted by Gasteiger charge is 2.43. The van der Waals surface area contributed by atoms with Crippen molar-refractivity contribution in [2.45, 2.75) is 17.5 Å². The lowest BCUT2D eigenvalue weighted by Crippen LogP contribution is -2.25. The molecule has 0 spiro atoms. The van der Waals surface area contributed by atoms with Crippen molar-refractivity contribution in [3.8, 4) is 5.75 Å². The molecule has 2 heterocycles. The third-order valence-electron chi connectivity index (χ3n) is 5.43. The van der Waals surface area contributed by atoms with Crippen LogP contribution in [-0.4, -0.2) is 44.5 Å². The molecule has 0 atom stereocenters. The molecule has 2 aromatic carbocycles. The van der Waals surface area contributed by atoms with Gasteiger partial charge < -0.3 is 9.64 Å². The Morgan fingerprint density at radius 2 is 1.71 bits per heavy atom. The fourth-order valence-electron chi connectivity index (χ4n) is 3.89. The number of likely N-dealkylation sites (N-methyl/N-ethyl adjacent to an activating group) is 1. The molecule has 0 amide bonds. The number of ether oxygens (including phenoxy) is 1. The van der Waals surface area contributed by atoms with Crippen LogP contribution in [0.2, 0.25) is 0 Å². The van der Waals surface area contributed by atoms with E-state index in [0.717, 1.165) is 0 Å². The van der Waals surface area contributed by atoms with Gasteiger partial charge in [-0.1, -0.05) is 24.3 Å². The van der Waals surface area contributed by atoms with Crippen molar-refractivity contribution in [3.05, 3.63) is 65.9 Å². The number of fused-ring (bicyclic) bond motifs is 1. The largest absolute Gasteiger partial charge is 0.497 e. The molecule has 164 valence electrons. The van der Waals surface area contributed by atoms with Gasteiger partial charge in [-0.15, -0.1) is 0 Å². The molecule has 0 unspecified atom stereocenters. The Labute approximate surface area is 178 Å². The zero-order chi connectivity index (χ0) is 22.4. The fraction of sp³-hybridized carbons (Fsp3) is 0.273. The minimum absolute atomic E-state index is 0.000436. The first kappa shape index (κ1) is 21.5. The lowest BCUT2D eigenvalue weighted by Gasteiger charge is -2.23. The summed E-state index contributed by atoms with van der Waals surface area (Å²) >= 11 is 0. The first-order chi connectivity index (χ1) is 14.6. The highest BCUT2D eigenvalue weighted by molar-refractivity contribution is 7.90. The van der Waals surface area contributed by atoms with Gasteiger partial charge in [0.25, 0.3) is 10.0 Å². The van der Waals surface area contributed by atoms with Gasteiger partial charge in [0.1, 0.15) is 11.4 Å². The van der Waals surface area contributed by atoms with Crippen LogP contribution in [0.25, 0.3) is 16.5 Å². The van der Waals surface area contributed by atoms with E-state index in [1.165, 1.54) is 43.5 Å². The third-order valence-corrected chi connectivity index (χ3v) is 7.16. The van der Waals surface area contributed by atoms with Gasteiger partial charge in [-0.25, -0.2) is 12.4 Å². The second kappa shape index (κ2) is 7.72. The molecule has 5 nitrogen and oxygen atoms in total. The molecule has 0 fully saturated rings. The number of benzene rings is 2. The maximum absolute atomic E-state index is 14.4. The van der Waals surface area contributed by atoms with Crippen LogP contribution in [0.5, 0.6) is 5.75 Å². The van der Waals surface area contributed by atoms with Gasteiger partial charge >= 0.3 is 6.18 Å². The number of aromatic nitrogens is 1. The van der Waals surface area contributed by atoms with Gasteiger partial charge in [-0.3, -0.25) is 0 Å². The minimum atomic E-state index is -4.88. The number of hydrogen-bond donors (Lipinski definition) is 0. The molecule has 1 aliphatic rings. The lowest BCUT2D eigenvalue weighted by atomic mass is 9.96. The zero-order valence-corrected chi connectivity index (χ0v) is 17.8. The summed E-state index contributed by atoms with van der Waals surface area (Å²) in [5.74, 6) is 0.407. The quantitative estimate of drug-likeness (QED) is 0.582. The maximum Gasteiger partial charge on any atom is 0.433 e. The Balaban J connectivity index is 2.06. The molecule has 0 saturated heterocycles. The summed E-state index contributed by atoms with van der Waals surface area (Å²) in [6.07, 6.45) is -2.74. The minimum Gasteiger partial charge on any atom is -0.497 e. The van der Waals surface area contributed by atoms with Crippen LogP contribution in [0.1, 0.15) is 17.7 Å². The maximum atomic E-state index is 14.4. The standard InChI is InChI=1S/C22H21F3N2O3S/c1-26-13-11-15(12-14-26)20-18-5-3-4-6-19(18)27(21(20)22(23,24)25)31(28,29)17-9-7-16(30-2)8-10-17/h3-11H,12-14H2,1-2H3. The van der Waals surface area contributed by atoms with Gasteiger partial charge in [-0.05, 0) is 49.4 Å². The third kappa shape index (κ3) is 3.72. The Morgan fingerprint density at radius 3 is 2.29 bits per heavy atom. The Kier molecular flexibility index (Phi) is 5.35.